The number of hydrogen-bond acceptors (Lipinski definition) is 6. The topological polar surface area (TPSA) is 108 Å². The van der Waals surface area contributed by atoms with Gasteiger partial charge in [-0.15, -0.1) is 0 Å². The largest absolute Gasteiger partial charge is 0.496 e. The maximum Gasteiger partial charge on any atom is 0.277 e. The monoisotopic (exact) mass is 409 g/mol. The average Bonchev–Trinajstić information content (AvgIpc) is 3.02. The molecule has 156 valence electrons. The van der Waals surface area contributed by atoms with Crippen molar-refractivity contribution in [2.75, 3.05) is 32.1 Å². The molecule has 0 fully saturated rings. The molecule has 1 heterocycles. The van der Waals surface area contributed by atoms with E-state index in [9.17, 15) is 14.4 Å². The predicted octanol–water partition coefficient (Wildman–Crippen LogP) is 1.32. The first-order valence-corrected chi connectivity index (χ1v) is 9.49. The molecular formula is C22H23N3O5. The fourth-order valence-corrected chi connectivity index (χ4v) is 3.16. The van der Waals surface area contributed by atoms with E-state index in [-0.39, 0.29) is 24.8 Å². The second kappa shape index (κ2) is 9.71. The van der Waals surface area contributed by atoms with Crippen molar-refractivity contribution in [1.29, 1.82) is 0 Å². The van der Waals surface area contributed by atoms with E-state index in [1.54, 1.807) is 31.4 Å². The minimum absolute atomic E-state index is 0.0581. The van der Waals surface area contributed by atoms with Crippen molar-refractivity contribution in [3.63, 3.8) is 0 Å². The van der Waals surface area contributed by atoms with Crippen molar-refractivity contribution in [2.24, 2.45) is 0 Å². The van der Waals surface area contributed by atoms with Gasteiger partial charge in [-0.2, -0.15) is 0 Å². The third kappa shape index (κ3) is 4.66. The Bertz CT molecular complexity index is 986. The molecule has 0 aromatic heterocycles. The second-order valence-corrected chi connectivity index (χ2v) is 6.56. The minimum Gasteiger partial charge on any atom is -0.496 e. The number of rotatable bonds is 9. The molecule has 3 N–H and O–H groups in total. The average molecular weight is 409 g/mol. The zero-order chi connectivity index (χ0) is 21.5. The van der Waals surface area contributed by atoms with Gasteiger partial charge in [0.15, 0.2) is 0 Å². The molecule has 0 radical (unpaired) electrons. The molecule has 2 aromatic carbocycles. The quantitative estimate of drug-likeness (QED) is 0.539. The van der Waals surface area contributed by atoms with Crippen molar-refractivity contribution >= 4 is 23.4 Å². The summed E-state index contributed by atoms with van der Waals surface area (Å²) in [6.07, 6.45) is 1.76. The van der Waals surface area contributed by atoms with Crippen LogP contribution in [-0.4, -0.2) is 54.5 Å². The number of aliphatic hydroxyl groups is 1. The Morgan fingerprint density at radius 2 is 1.83 bits per heavy atom. The summed E-state index contributed by atoms with van der Waals surface area (Å²) in [7, 11) is 1.60. The highest BCUT2D eigenvalue weighted by Gasteiger charge is 2.31. The highest BCUT2D eigenvalue weighted by Crippen LogP contribution is 2.21. The summed E-state index contributed by atoms with van der Waals surface area (Å²) in [5.74, 6) is -0.592. The van der Waals surface area contributed by atoms with Gasteiger partial charge in [0.25, 0.3) is 17.7 Å². The zero-order valence-electron chi connectivity index (χ0n) is 16.6. The molecule has 2 aromatic rings. The van der Waals surface area contributed by atoms with E-state index in [4.69, 9.17) is 9.84 Å². The van der Waals surface area contributed by atoms with E-state index in [1.807, 2.05) is 24.3 Å². The van der Waals surface area contributed by atoms with Gasteiger partial charge in [0, 0.05) is 12.6 Å². The Morgan fingerprint density at radius 1 is 1.10 bits per heavy atom. The van der Waals surface area contributed by atoms with Crippen LogP contribution < -0.4 is 15.4 Å². The lowest BCUT2D eigenvalue weighted by molar-refractivity contribution is -0.137. The van der Waals surface area contributed by atoms with Crippen LogP contribution >= 0.6 is 0 Å². The van der Waals surface area contributed by atoms with Crippen LogP contribution in [0.4, 0.5) is 5.69 Å². The first-order valence-electron chi connectivity index (χ1n) is 9.49. The number of nitrogens with zero attached hydrogens (tertiary/aromatic N) is 1. The number of amides is 3. The van der Waals surface area contributed by atoms with Crippen LogP contribution in [0.3, 0.4) is 0 Å². The van der Waals surface area contributed by atoms with Gasteiger partial charge in [0.2, 0.25) is 0 Å². The number of aliphatic hydroxyl groups excluding tert-OH is 1. The number of anilines is 1. The van der Waals surface area contributed by atoms with Crippen molar-refractivity contribution < 1.29 is 24.2 Å². The van der Waals surface area contributed by atoms with Crippen LogP contribution in [-0.2, 0) is 16.0 Å². The number of benzene rings is 2. The number of para-hydroxylation sites is 2. The van der Waals surface area contributed by atoms with Gasteiger partial charge in [-0.05, 0) is 30.2 Å². The van der Waals surface area contributed by atoms with Crippen molar-refractivity contribution in [2.45, 2.75) is 6.42 Å². The fraction of sp³-hybridized carbons (Fsp3) is 0.227. The lowest BCUT2D eigenvalue weighted by atomic mass is 10.1. The Hall–Kier alpha value is -3.65. The number of hydrogen-bond donors (Lipinski definition) is 3. The predicted molar refractivity (Wildman–Crippen MR) is 111 cm³/mol. The van der Waals surface area contributed by atoms with Gasteiger partial charge in [-0.25, -0.2) is 0 Å². The van der Waals surface area contributed by atoms with Crippen molar-refractivity contribution in [3.05, 3.63) is 71.4 Å². The molecule has 0 saturated heterocycles. The molecule has 1 aliphatic rings. The van der Waals surface area contributed by atoms with Crippen LogP contribution in [0.25, 0.3) is 0 Å². The standard InChI is InChI=1S/C22H23N3O5/c1-30-19-9-5-2-6-15(19)10-11-23-21(28)16-7-3-4-8-17(16)24-18-14-20(27)25(12-13-26)22(18)29/h2-9,14,24,26H,10-13H2,1H3,(H,23,28). The molecule has 3 rings (SSSR count). The third-order valence-electron chi connectivity index (χ3n) is 4.65. The van der Waals surface area contributed by atoms with Gasteiger partial charge >= 0.3 is 0 Å². The number of ether oxygens (including phenoxy) is 1. The second-order valence-electron chi connectivity index (χ2n) is 6.56. The van der Waals surface area contributed by atoms with E-state index >= 15 is 0 Å². The van der Waals surface area contributed by atoms with Crippen LogP contribution in [0.1, 0.15) is 15.9 Å². The summed E-state index contributed by atoms with van der Waals surface area (Å²) in [5, 5.41) is 14.7. The van der Waals surface area contributed by atoms with E-state index in [0.29, 0.717) is 24.2 Å². The minimum atomic E-state index is -0.541. The number of methoxy groups -OCH3 is 1. The summed E-state index contributed by atoms with van der Waals surface area (Å²) < 4.78 is 5.32. The van der Waals surface area contributed by atoms with Gasteiger partial charge in [0.05, 0.1) is 31.5 Å². The van der Waals surface area contributed by atoms with Crippen molar-refractivity contribution in [3.8, 4) is 5.75 Å². The highest BCUT2D eigenvalue weighted by molar-refractivity contribution is 6.17. The number of β-amino-alcohol motifs (C(OH)–C–C–N with tert-alkyl or cyclic N) is 1. The van der Waals surface area contributed by atoms with Gasteiger partial charge in [-0.3, -0.25) is 19.3 Å². The van der Waals surface area contributed by atoms with Crippen LogP contribution in [0.15, 0.2) is 60.3 Å². The SMILES string of the molecule is COc1ccccc1CCNC(=O)c1ccccc1NC1=CC(=O)N(CCO)C1=O. The smallest absolute Gasteiger partial charge is 0.277 e. The van der Waals surface area contributed by atoms with Gasteiger partial charge in [-0.1, -0.05) is 30.3 Å². The van der Waals surface area contributed by atoms with Gasteiger partial charge in [0.1, 0.15) is 11.4 Å². The summed E-state index contributed by atoms with van der Waals surface area (Å²) >= 11 is 0. The van der Waals surface area contributed by atoms with Crippen molar-refractivity contribution in [1.82, 2.24) is 10.2 Å². The normalized spacial score (nSPS) is 13.3. The molecule has 0 bridgehead atoms. The molecule has 8 nitrogen and oxygen atoms in total. The fourth-order valence-electron chi connectivity index (χ4n) is 3.16. The number of carbonyl (C=O) groups is 3. The summed E-state index contributed by atoms with van der Waals surface area (Å²) in [4.78, 5) is 37.9. The van der Waals surface area contributed by atoms with E-state index in [2.05, 4.69) is 10.6 Å². The number of imide groups is 1. The first kappa shape index (κ1) is 21.1. The van der Waals surface area contributed by atoms with E-state index < -0.39 is 11.8 Å². The molecule has 0 atom stereocenters. The molecule has 8 heteroatoms. The van der Waals surface area contributed by atoms with E-state index in [0.717, 1.165) is 22.3 Å². The van der Waals surface area contributed by atoms with Crippen LogP contribution in [0.2, 0.25) is 0 Å². The Kier molecular flexibility index (Phi) is 6.82. The molecule has 0 spiro atoms. The molecule has 1 aliphatic heterocycles. The van der Waals surface area contributed by atoms with Crippen LogP contribution in [0, 0.1) is 0 Å². The molecule has 30 heavy (non-hydrogen) atoms. The lowest BCUT2D eigenvalue weighted by Crippen LogP contribution is -2.34. The number of carbonyl (C=O) groups excluding carboxylic acids is 3. The number of nitrogens with one attached hydrogen (secondary N) is 2. The summed E-state index contributed by atoms with van der Waals surface area (Å²) in [6.45, 7) is 0.00610. The summed E-state index contributed by atoms with van der Waals surface area (Å²) in [6, 6.07) is 14.3. The van der Waals surface area contributed by atoms with Crippen LogP contribution in [0.5, 0.6) is 5.75 Å². The maximum atomic E-state index is 12.7. The maximum absolute atomic E-state index is 12.7. The molecule has 0 saturated carbocycles. The molecule has 0 aliphatic carbocycles. The highest BCUT2D eigenvalue weighted by atomic mass is 16.5. The lowest BCUT2D eigenvalue weighted by Gasteiger charge is -2.15. The van der Waals surface area contributed by atoms with E-state index in [1.165, 1.54) is 0 Å². The Morgan fingerprint density at radius 3 is 2.60 bits per heavy atom. The zero-order valence-corrected chi connectivity index (χ0v) is 16.6. The molecular weight excluding hydrogens is 386 g/mol. The Labute approximate surface area is 174 Å². The van der Waals surface area contributed by atoms with Gasteiger partial charge < -0.3 is 20.5 Å². The summed E-state index contributed by atoms with van der Waals surface area (Å²) in [5.41, 5.74) is 1.79. The molecule has 0 unspecified atom stereocenters. The molecule has 3 amide bonds. The third-order valence-corrected chi connectivity index (χ3v) is 4.65. The Balaban J connectivity index is 1.66. The first-order chi connectivity index (χ1) is 14.5.